The molecule has 1 aliphatic rings. The zero-order valence-electron chi connectivity index (χ0n) is 11.6. The van der Waals surface area contributed by atoms with Gasteiger partial charge in [0.2, 0.25) is 0 Å². The highest BCUT2D eigenvalue weighted by atomic mass is 16.5. The summed E-state index contributed by atoms with van der Waals surface area (Å²) in [6.45, 7) is 5.49. The number of esters is 1. The Labute approximate surface area is 109 Å². The molecule has 0 aromatic carbocycles. The van der Waals surface area contributed by atoms with Crippen LogP contribution in [0.3, 0.4) is 0 Å². The summed E-state index contributed by atoms with van der Waals surface area (Å²) in [5.74, 6) is -0.291. The van der Waals surface area contributed by atoms with Crippen molar-refractivity contribution in [3.63, 3.8) is 0 Å². The predicted molar refractivity (Wildman–Crippen MR) is 69.2 cm³/mol. The second-order valence-electron chi connectivity index (χ2n) is 4.88. The van der Waals surface area contributed by atoms with E-state index in [9.17, 15) is 9.59 Å². The molecule has 0 aromatic heterocycles. The number of amides is 2. The Kier molecular flexibility index (Phi) is 5.95. The standard InChI is InChI=1S/C13H24N2O3/c1-4-10(2)11(12(16)18-3)14-13(17)15-8-6-5-7-9-15/h10-11H,4-9H2,1-3H3,(H,14,17)/t10?,11-/m0/s1. The zero-order chi connectivity index (χ0) is 13.5. The van der Waals surface area contributed by atoms with Crippen LogP contribution >= 0.6 is 0 Å². The van der Waals surface area contributed by atoms with E-state index < -0.39 is 6.04 Å². The molecule has 0 aromatic rings. The van der Waals surface area contributed by atoms with Crippen molar-refractivity contribution in [3.8, 4) is 0 Å². The van der Waals surface area contributed by atoms with Crippen LogP contribution in [0, 0.1) is 5.92 Å². The molecule has 5 nitrogen and oxygen atoms in total. The first-order valence-electron chi connectivity index (χ1n) is 6.73. The van der Waals surface area contributed by atoms with Gasteiger partial charge in [-0.2, -0.15) is 0 Å². The maximum atomic E-state index is 12.1. The van der Waals surface area contributed by atoms with E-state index in [-0.39, 0.29) is 17.9 Å². The van der Waals surface area contributed by atoms with Gasteiger partial charge in [-0.3, -0.25) is 0 Å². The summed E-state index contributed by atoms with van der Waals surface area (Å²) in [5.41, 5.74) is 0. The molecule has 1 saturated heterocycles. The van der Waals surface area contributed by atoms with E-state index in [1.807, 2.05) is 13.8 Å². The van der Waals surface area contributed by atoms with E-state index >= 15 is 0 Å². The number of hydrogen-bond acceptors (Lipinski definition) is 3. The lowest BCUT2D eigenvalue weighted by Crippen LogP contribution is -2.52. The maximum Gasteiger partial charge on any atom is 0.328 e. The summed E-state index contributed by atoms with van der Waals surface area (Å²) >= 11 is 0. The first kappa shape index (κ1) is 14.8. The molecule has 2 atom stereocenters. The third-order valence-corrected chi connectivity index (χ3v) is 3.59. The zero-order valence-corrected chi connectivity index (χ0v) is 11.6. The molecule has 1 unspecified atom stereocenters. The van der Waals surface area contributed by atoms with Crippen LogP contribution in [0.1, 0.15) is 39.5 Å². The Morgan fingerprint density at radius 2 is 1.89 bits per heavy atom. The third-order valence-electron chi connectivity index (χ3n) is 3.59. The molecule has 0 aliphatic carbocycles. The maximum absolute atomic E-state index is 12.1. The molecule has 1 aliphatic heterocycles. The molecular weight excluding hydrogens is 232 g/mol. The fraction of sp³-hybridized carbons (Fsp3) is 0.846. The number of hydrogen-bond donors (Lipinski definition) is 1. The van der Waals surface area contributed by atoms with Crippen LogP contribution in [0.2, 0.25) is 0 Å². The Balaban J connectivity index is 2.58. The van der Waals surface area contributed by atoms with Crippen molar-refractivity contribution in [1.82, 2.24) is 10.2 Å². The molecule has 1 heterocycles. The molecule has 0 saturated carbocycles. The van der Waals surface area contributed by atoms with Crippen molar-refractivity contribution >= 4 is 12.0 Å². The van der Waals surface area contributed by atoms with Crippen molar-refractivity contribution in [3.05, 3.63) is 0 Å². The summed E-state index contributed by atoms with van der Waals surface area (Å²) in [4.78, 5) is 25.5. The second kappa shape index (κ2) is 7.24. The van der Waals surface area contributed by atoms with E-state index in [2.05, 4.69) is 5.32 Å². The number of ether oxygens (including phenoxy) is 1. The van der Waals surface area contributed by atoms with Gasteiger partial charge in [0.1, 0.15) is 6.04 Å². The van der Waals surface area contributed by atoms with Crippen molar-refractivity contribution < 1.29 is 14.3 Å². The number of urea groups is 1. The van der Waals surface area contributed by atoms with Gasteiger partial charge >= 0.3 is 12.0 Å². The van der Waals surface area contributed by atoms with E-state index in [1.165, 1.54) is 13.5 Å². The minimum atomic E-state index is -0.547. The lowest BCUT2D eigenvalue weighted by molar-refractivity contribution is -0.144. The topological polar surface area (TPSA) is 58.6 Å². The molecule has 104 valence electrons. The Hall–Kier alpha value is -1.26. The summed E-state index contributed by atoms with van der Waals surface area (Å²) in [6, 6.07) is -0.695. The van der Waals surface area contributed by atoms with Crippen LogP contribution in [0.15, 0.2) is 0 Å². The summed E-state index contributed by atoms with van der Waals surface area (Å²) in [7, 11) is 1.35. The summed E-state index contributed by atoms with van der Waals surface area (Å²) in [6.07, 6.45) is 4.08. The number of likely N-dealkylation sites (tertiary alicyclic amines) is 1. The van der Waals surface area contributed by atoms with E-state index in [0.717, 1.165) is 32.4 Å². The van der Waals surface area contributed by atoms with Gasteiger partial charge in [-0.1, -0.05) is 20.3 Å². The molecule has 2 amide bonds. The summed E-state index contributed by atoms with van der Waals surface area (Å²) in [5, 5.41) is 2.80. The smallest absolute Gasteiger partial charge is 0.328 e. The number of carbonyl (C=O) groups is 2. The molecule has 1 rings (SSSR count). The average molecular weight is 256 g/mol. The lowest BCUT2D eigenvalue weighted by atomic mass is 9.99. The van der Waals surface area contributed by atoms with Gasteiger partial charge in [-0.15, -0.1) is 0 Å². The normalized spacial score (nSPS) is 18.9. The van der Waals surface area contributed by atoms with Crippen LogP contribution in [0.25, 0.3) is 0 Å². The minimum absolute atomic E-state index is 0.0752. The number of piperidine rings is 1. The fourth-order valence-electron chi connectivity index (χ4n) is 2.12. The van der Waals surface area contributed by atoms with Crippen molar-refractivity contribution in [1.29, 1.82) is 0 Å². The SMILES string of the molecule is CCC(C)[C@H](NC(=O)N1CCCCC1)C(=O)OC. The molecule has 1 N–H and O–H groups in total. The van der Waals surface area contributed by atoms with Gasteiger partial charge in [0.05, 0.1) is 7.11 Å². The summed E-state index contributed by atoms with van der Waals surface area (Å²) < 4.78 is 4.75. The van der Waals surface area contributed by atoms with E-state index in [1.54, 1.807) is 4.90 Å². The highest BCUT2D eigenvalue weighted by Crippen LogP contribution is 2.12. The molecule has 1 fully saturated rings. The van der Waals surface area contributed by atoms with E-state index in [0.29, 0.717) is 0 Å². The molecular formula is C13H24N2O3. The monoisotopic (exact) mass is 256 g/mol. The Morgan fingerprint density at radius 1 is 1.28 bits per heavy atom. The van der Waals surface area contributed by atoms with Crippen LogP contribution in [0.4, 0.5) is 4.79 Å². The molecule has 5 heteroatoms. The molecule has 0 radical (unpaired) electrons. The Morgan fingerprint density at radius 3 is 2.39 bits per heavy atom. The van der Waals surface area contributed by atoms with Crippen molar-refractivity contribution in [2.75, 3.05) is 20.2 Å². The number of nitrogens with zero attached hydrogens (tertiary/aromatic N) is 1. The molecule has 18 heavy (non-hydrogen) atoms. The predicted octanol–water partition coefficient (Wildman–Crippen LogP) is 1.77. The average Bonchev–Trinajstić information content (AvgIpc) is 2.43. The third kappa shape index (κ3) is 3.89. The van der Waals surface area contributed by atoms with Crippen LogP contribution < -0.4 is 5.32 Å². The number of nitrogens with one attached hydrogen (secondary N) is 1. The van der Waals surface area contributed by atoms with Crippen LogP contribution in [-0.4, -0.2) is 43.1 Å². The largest absolute Gasteiger partial charge is 0.467 e. The number of rotatable bonds is 4. The van der Waals surface area contributed by atoms with Gasteiger partial charge in [-0.05, 0) is 25.2 Å². The fourth-order valence-corrected chi connectivity index (χ4v) is 2.12. The van der Waals surface area contributed by atoms with E-state index in [4.69, 9.17) is 4.74 Å². The second-order valence-corrected chi connectivity index (χ2v) is 4.88. The lowest BCUT2D eigenvalue weighted by Gasteiger charge is -2.30. The van der Waals surface area contributed by atoms with Gasteiger partial charge < -0.3 is 15.0 Å². The van der Waals surface area contributed by atoms with Crippen LogP contribution in [-0.2, 0) is 9.53 Å². The highest BCUT2D eigenvalue weighted by molar-refractivity contribution is 5.83. The first-order valence-corrected chi connectivity index (χ1v) is 6.73. The Bertz CT molecular complexity index is 288. The molecule has 0 bridgehead atoms. The van der Waals surface area contributed by atoms with Crippen LogP contribution in [0.5, 0.6) is 0 Å². The molecule has 0 spiro atoms. The number of carbonyl (C=O) groups excluding carboxylic acids is 2. The van der Waals surface area contributed by atoms with Crippen molar-refractivity contribution in [2.24, 2.45) is 5.92 Å². The highest BCUT2D eigenvalue weighted by Gasteiger charge is 2.28. The first-order chi connectivity index (χ1) is 8.60. The van der Waals surface area contributed by atoms with Gasteiger partial charge in [0.15, 0.2) is 0 Å². The van der Waals surface area contributed by atoms with Gasteiger partial charge in [-0.25, -0.2) is 9.59 Å². The van der Waals surface area contributed by atoms with Gasteiger partial charge in [0, 0.05) is 13.1 Å². The van der Waals surface area contributed by atoms with Crippen molar-refractivity contribution in [2.45, 2.75) is 45.6 Å². The van der Waals surface area contributed by atoms with Gasteiger partial charge in [0.25, 0.3) is 0 Å². The quantitative estimate of drug-likeness (QED) is 0.780. The minimum Gasteiger partial charge on any atom is -0.467 e. The number of methoxy groups -OCH3 is 1.